The summed E-state index contributed by atoms with van der Waals surface area (Å²) in [6.07, 6.45) is 3.61. The van der Waals surface area contributed by atoms with Crippen molar-refractivity contribution in [1.82, 2.24) is 9.78 Å². The van der Waals surface area contributed by atoms with E-state index in [-0.39, 0.29) is 18.9 Å². The minimum atomic E-state index is -0.477. The van der Waals surface area contributed by atoms with Gasteiger partial charge in [0, 0.05) is 17.3 Å². The molecule has 1 amide bonds. The van der Waals surface area contributed by atoms with Gasteiger partial charge in [-0.1, -0.05) is 24.3 Å². The van der Waals surface area contributed by atoms with Gasteiger partial charge in [-0.15, -0.1) is 11.8 Å². The number of ether oxygens (including phenoxy) is 1. The van der Waals surface area contributed by atoms with Crippen LogP contribution in [0.4, 0.5) is 5.69 Å². The standard InChI is InChI=1S/C20H17N3O3S/c24-19(12-18-20(25)22-16-4-1-2-5-17(16)27-18)26-13-14-6-8-15(9-7-14)23-11-3-10-21-23/h1-11,18H,12-13H2,(H,22,25). The van der Waals surface area contributed by atoms with Crippen LogP contribution < -0.4 is 5.32 Å². The van der Waals surface area contributed by atoms with Gasteiger partial charge in [-0.05, 0) is 35.9 Å². The van der Waals surface area contributed by atoms with Gasteiger partial charge in [-0.25, -0.2) is 4.68 Å². The van der Waals surface area contributed by atoms with E-state index in [2.05, 4.69) is 10.4 Å². The van der Waals surface area contributed by atoms with Crippen molar-refractivity contribution in [3.05, 3.63) is 72.6 Å². The number of hydrogen-bond acceptors (Lipinski definition) is 5. The number of carbonyl (C=O) groups is 2. The van der Waals surface area contributed by atoms with Crippen molar-refractivity contribution >= 4 is 29.3 Å². The number of carbonyl (C=O) groups excluding carboxylic acids is 2. The Morgan fingerprint density at radius 2 is 1.96 bits per heavy atom. The van der Waals surface area contributed by atoms with E-state index in [1.165, 1.54) is 11.8 Å². The molecule has 6 nitrogen and oxygen atoms in total. The maximum absolute atomic E-state index is 12.2. The topological polar surface area (TPSA) is 73.2 Å². The van der Waals surface area contributed by atoms with Gasteiger partial charge in [-0.3, -0.25) is 9.59 Å². The smallest absolute Gasteiger partial charge is 0.307 e. The van der Waals surface area contributed by atoms with Crippen molar-refractivity contribution in [2.75, 3.05) is 5.32 Å². The highest BCUT2D eigenvalue weighted by atomic mass is 32.2. The van der Waals surface area contributed by atoms with Gasteiger partial charge in [0.05, 0.1) is 23.0 Å². The van der Waals surface area contributed by atoms with Crippen LogP contribution in [-0.2, 0) is 20.9 Å². The normalized spacial score (nSPS) is 15.7. The predicted octanol–water partition coefficient (Wildman–Crippen LogP) is 3.42. The second-order valence-electron chi connectivity index (χ2n) is 6.07. The zero-order valence-corrected chi connectivity index (χ0v) is 15.2. The van der Waals surface area contributed by atoms with Crippen LogP contribution in [0.3, 0.4) is 0 Å². The molecule has 1 aromatic heterocycles. The fourth-order valence-electron chi connectivity index (χ4n) is 2.77. The molecule has 0 saturated heterocycles. The molecule has 0 radical (unpaired) electrons. The summed E-state index contributed by atoms with van der Waals surface area (Å²) in [6.45, 7) is 0.174. The van der Waals surface area contributed by atoms with Crippen molar-refractivity contribution in [2.45, 2.75) is 23.2 Å². The molecular weight excluding hydrogens is 362 g/mol. The third-order valence-corrected chi connectivity index (χ3v) is 5.44. The molecule has 0 spiro atoms. The van der Waals surface area contributed by atoms with E-state index >= 15 is 0 Å². The van der Waals surface area contributed by atoms with Crippen molar-refractivity contribution < 1.29 is 14.3 Å². The summed E-state index contributed by atoms with van der Waals surface area (Å²) in [5.74, 6) is -0.558. The monoisotopic (exact) mass is 379 g/mol. The number of amides is 1. The molecular formula is C20H17N3O3S. The molecule has 1 aliphatic rings. The number of benzene rings is 2. The SMILES string of the molecule is O=C(CC1Sc2ccccc2NC1=O)OCc1ccc(-n2cccn2)cc1. The lowest BCUT2D eigenvalue weighted by Crippen LogP contribution is -2.31. The highest BCUT2D eigenvalue weighted by Crippen LogP contribution is 2.36. The van der Waals surface area contributed by atoms with Gasteiger partial charge in [-0.2, -0.15) is 5.10 Å². The molecule has 0 fully saturated rings. The van der Waals surface area contributed by atoms with Crippen molar-refractivity contribution in [1.29, 1.82) is 0 Å². The number of hydrogen-bond donors (Lipinski definition) is 1. The lowest BCUT2D eigenvalue weighted by atomic mass is 10.2. The molecule has 1 aliphatic heterocycles. The lowest BCUT2D eigenvalue weighted by molar-refractivity contribution is -0.145. The van der Waals surface area contributed by atoms with Crippen molar-refractivity contribution in [2.24, 2.45) is 0 Å². The van der Waals surface area contributed by atoms with Crippen molar-refractivity contribution in [3.8, 4) is 5.69 Å². The van der Waals surface area contributed by atoms with Gasteiger partial charge >= 0.3 is 5.97 Å². The number of anilines is 1. The molecule has 7 heteroatoms. The van der Waals surface area contributed by atoms with Crippen molar-refractivity contribution in [3.63, 3.8) is 0 Å². The first kappa shape index (κ1) is 17.4. The summed E-state index contributed by atoms with van der Waals surface area (Å²) in [7, 11) is 0. The van der Waals surface area contributed by atoms with E-state index in [1.807, 2.05) is 60.8 Å². The van der Waals surface area contributed by atoms with Crippen LogP contribution in [0.5, 0.6) is 0 Å². The number of esters is 1. The average Bonchev–Trinajstić information content (AvgIpc) is 3.22. The number of aromatic nitrogens is 2. The van der Waals surface area contributed by atoms with Crippen LogP contribution in [0.15, 0.2) is 71.9 Å². The number of rotatable bonds is 5. The van der Waals surface area contributed by atoms with E-state index in [1.54, 1.807) is 10.9 Å². The van der Waals surface area contributed by atoms with Gasteiger partial charge in [0.25, 0.3) is 0 Å². The Balaban J connectivity index is 1.32. The molecule has 1 N–H and O–H groups in total. The second-order valence-corrected chi connectivity index (χ2v) is 7.32. The maximum atomic E-state index is 12.2. The summed E-state index contributed by atoms with van der Waals surface area (Å²) in [4.78, 5) is 25.3. The minimum Gasteiger partial charge on any atom is -0.461 e. The molecule has 1 atom stereocenters. The Hall–Kier alpha value is -3.06. The zero-order valence-electron chi connectivity index (χ0n) is 14.4. The first-order chi connectivity index (χ1) is 13.2. The van der Waals surface area contributed by atoms with Gasteiger partial charge in [0.1, 0.15) is 6.61 Å². The minimum absolute atomic E-state index is 0.0379. The average molecular weight is 379 g/mol. The first-order valence-corrected chi connectivity index (χ1v) is 9.38. The number of nitrogens with one attached hydrogen (secondary N) is 1. The molecule has 3 aromatic rings. The fraction of sp³-hybridized carbons (Fsp3) is 0.150. The fourth-order valence-corrected chi connectivity index (χ4v) is 3.86. The highest BCUT2D eigenvalue weighted by Gasteiger charge is 2.29. The van der Waals surface area contributed by atoms with E-state index in [0.717, 1.165) is 21.8 Å². The number of para-hydroxylation sites is 1. The Bertz CT molecular complexity index is 955. The number of fused-ring (bicyclic) bond motifs is 1. The largest absolute Gasteiger partial charge is 0.461 e. The molecule has 0 bridgehead atoms. The van der Waals surface area contributed by atoms with Gasteiger partial charge in [0.15, 0.2) is 0 Å². The van der Waals surface area contributed by atoms with Crippen LogP contribution >= 0.6 is 11.8 Å². The molecule has 0 aliphatic carbocycles. The van der Waals surface area contributed by atoms with E-state index in [9.17, 15) is 9.59 Å². The number of nitrogens with zero attached hydrogens (tertiary/aromatic N) is 2. The van der Waals surface area contributed by atoms with Crippen LogP contribution in [0.25, 0.3) is 5.69 Å². The van der Waals surface area contributed by atoms with Crippen LogP contribution in [-0.4, -0.2) is 26.9 Å². The van der Waals surface area contributed by atoms with Crippen LogP contribution in [0.1, 0.15) is 12.0 Å². The van der Waals surface area contributed by atoms with Gasteiger partial charge < -0.3 is 10.1 Å². The zero-order chi connectivity index (χ0) is 18.6. The van der Waals surface area contributed by atoms with E-state index < -0.39 is 11.2 Å². The summed E-state index contributed by atoms with van der Waals surface area (Å²) in [5, 5.41) is 6.53. The highest BCUT2D eigenvalue weighted by molar-refractivity contribution is 8.01. The summed E-state index contributed by atoms with van der Waals surface area (Å²) >= 11 is 1.39. The van der Waals surface area contributed by atoms with E-state index in [4.69, 9.17) is 4.74 Å². The van der Waals surface area contributed by atoms with Crippen LogP contribution in [0.2, 0.25) is 0 Å². The second kappa shape index (κ2) is 7.67. The quantitative estimate of drug-likeness (QED) is 0.688. The molecule has 136 valence electrons. The molecule has 2 heterocycles. The summed E-state index contributed by atoms with van der Waals surface area (Å²) < 4.78 is 7.10. The summed E-state index contributed by atoms with van der Waals surface area (Å²) in [5.41, 5.74) is 2.60. The Morgan fingerprint density at radius 3 is 2.74 bits per heavy atom. The summed E-state index contributed by atoms with van der Waals surface area (Å²) in [6, 6.07) is 17.0. The first-order valence-electron chi connectivity index (χ1n) is 8.50. The lowest BCUT2D eigenvalue weighted by Gasteiger charge is -2.23. The third-order valence-electron chi connectivity index (χ3n) is 4.16. The van der Waals surface area contributed by atoms with Gasteiger partial charge in [0.2, 0.25) is 5.91 Å². The molecule has 0 saturated carbocycles. The molecule has 27 heavy (non-hydrogen) atoms. The molecule has 1 unspecified atom stereocenters. The molecule has 4 rings (SSSR count). The Labute approximate surface area is 160 Å². The van der Waals surface area contributed by atoms with Crippen LogP contribution in [0, 0.1) is 0 Å². The maximum Gasteiger partial charge on any atom is 0.307 e. The Morgan fingerprint density at radius 1 is 1.15 bits per heavy atom. The molecule has 2 aromatic carbocycles. The predicted molar refractivity (Wildman–Crippen MR) is 103 cm³/mol. The third kappa shape index (κ3) is 4.03. The van der Waals surface area contributed by atoms with E-state index in [0.29, 0.717) is 0 Å². The Kier molecular flexibility index (Phi) is 4.93. The number of thioether (sulfide) groups is 1.